The molecule has 2 atom stereocenters. The van der Waals surface area contributed by atoms with E-state index in [-0.39, 0.29) is 12.1 Å². The Kier molecular flexibility index (Phi) is 4.83. The van der Waals surface area contributed by atoms with Crippen LogP contribution in [0.5, 0.6) is 0 Å². The predicted octanol–water partition coefficient (Wildman–Crippen LogP) is 2.59. The van der Waals surface area contributed by atoms with Crippen molar-refractivity contribution in [3.63, 3.8) is 0 Å². The quantitative estimate of drug-likeness (QED) is 0.427. The lowest BCUT2D eigenvalue weighted by Crippen LogP contribution is -2.40. The van der Waals surface area contributed by atoms with E-state index in [1.165, 1.54) is 5.06 Å². The van der Waals surface area contributed by atoms with Crippen LogP contribution in [-0.2, 0) is 27.4 Å². The molecule has 114 valence electrons. The lowest BCUT2D eigenvalue weighted by atomic mass is 10.0. The lowest BCUT2D eigenvalue weighted by molar-refractivity contribution is -0.194. The maximum atomic E-state index is 11.4. The van der Waals surface area contributed by atoms with Gasteiger partial charge in [0, 0.05) is 0 Å². The van der Waals surface area contributed by atoms with Gasteiger partial charge in [-0.2, -0.15) is 0 Å². The number of hydroxylamine groups is 2. The topological polar surface area (TPSA) is 42.1 Å². The van der Waals surface area contributed by atoms with E-state index in [0.717, 1.165) is 24.0 Å². The molecule has 0 spiro atoms. The van der Waals surface area contributed by atoms with Crippen LogP contribution in [0.2, 0.25) is 0 Å². The monoisotopic (exact) mass is 297 g/mol. The molecular weight excluding hydrogens is 278 g/mol. The number of ether oxygens (including phenoxy) is 1. The van der Waals surface area contributed by atoms with Gasteiger partial charge in [0.25, 0.3) is 0 Å². The second-order valence-corrected chi connectivity index (χ2v) is 5.35. The fraction of sp³-hybridized carbons (Fsp3) is 0.278. The molecular formula is C18H19NO3. The van der Waals surface area contributed by atoms with Crippen molar-refractivity contribution in [3.05, 3.63) is 71.8 Å². The number of epoxide rings is 1. The van der Waals surface area contributed by atoms with Crippen LogP contribution in [0.1, 0.15) is 11.1 Å². The zero-order valence-electron chi connectivity index (χ0n) is 12.3. The highest BCUT2D eigenvalue weighted by molar-refractivity contribution is 5.46. The Morgan fingerprint density at radius 1 is 1.09 bits per heavy atom. The molecule has 1 fully saturated rings. The van der Waals surface area contributed by atoms with Crippen LogP contribution in [-0.4, -0.2) is 30.2 Å². The van der Waals surface area contributed by atoms with Crippen molar-refractivity contribution in [3.8, 4) is 0 Å². The van der Waals surface area contributed by atoms with Gasteiger partial charge in [0.1, 0.15) is 12.7 Å². The SMILES string of the molecule is O=CN(OCc1ccccc1)[C@@H](Cc1ccccc1)[C@H]1CO1. The summed E-state index contributed by atoms with van der Waals surface area (Å²) in [5, 5.41) is 1.40. The second-order valence-electron chi connectivity index (χ2n) is 5.35. The normalized spacial score (nSPS) is 17.7. The van der Waals surface area contributed by atoms with Gasteiger partial charge in [-0.15, -0.1) is 0 Å². The Labute approximate surface area is 130 Å². The van der Waals surface area contributed by atoms with Gasteiger partial charge in [-0.1, -0.05) is 60.7 Å². The summed E-state index contributed by atoms with van der Waals surface area (Å²) in [5.41, 5.74) is 2.20. The fourth-order valence-electron chi connectivity index (χ4n) is 2.45. The smallest absolute Gasteiger partial charge is 0.233 e. The highest BCUT2D eigenvalue weighted by Crippen LogP contribution is 2.23. The van der Waals surface area contributed by atoms with Crippen LogP contribution >= 0.6 is 0 Å². The van der Waals surface area contributed by atoms with Crippen LogP contribution in [0.4, 0.5) is 0 Å². The Bertz CT molecular complexity index is 584. The molecule has 0 bridgehead atoms. The van der Waals surface area contributed by atoms with Gasteiger partial charge in [-0.05, 0) is 17.5 Å². The summed E-state index contributed by atoms with van der Waals surface area (Å²) in [6.45, 7) is 1.05. The van der Waals surface area contributed by atoms with Crippen molar-refractivity contribution in [2.75, 3.05) is 6.61 Å². The minimum absolute atomic E-state index is 0.0566. The number of rotatable bonds is 8. The number of carbonyl (C=O) groups is 1. The van der Waals surface area contributed by atoms with Crippen molar-refractivity contribution in [1.82, 2.24) is 5.06 Å². The molecule has 1 heterocycles. The molecule has 0 saturated carbocycles. The summed E-state index contributed by atoms with van der Waals surface area (Å²) in [4.78, 5) is 17.1. The van der Waals surface area contributed by atoms with Crippen molar-refractivity contribution in [1.29, 1.82) is 0 Å². The molecule has 1 saturated heterocycles. The second kappa shape index (κ2) is 7.20. The molecule has 2 aromatic carbocycles. The maximum absolute atomic E-state index is 11.4. The summed E-state index contributed by atoms with van der Waals surface area (Å²) in [6.07, 6.45) is 1.53. The van der Waals surface area contributed by atoms with Gasteiger partial charge >= 0.3 is 0 Å². The molecule has 3 rings (SSSR count). The van der Waals surface area contributed by atoms with Crippen LogP contribution < -0.4 is 0 Å². The Hall–Kier alpha value is -2.17. The minimum Gasteiger partial charge on any atom is -0.371 e. The zero-order valence-corrected chi connectivity index (χ0v) is 12.3. The van der Waals surface area contributed by atoms with Gasteiger partial charge < -0.3 is 4.74 Å². The molecule has 0 radical (unpaired) electrons. The van der Waals surface area contributed by atoms with Crippen LogP contribution in [0.25, 0.3) is 0 Å². The number of hydrogen-bond acceptors (Lipinski definition) is 3. The summed E-state index contributed by atoms with van der Waals surface area (Å²) < 4.78 is 5.40. The van der Waals surface area contributed by atoms with Crippen LogP contribution in [0.3, 0.4) is 0 Å². The maximum Gasteiger partial charge on any atom is 0.233 e. The third-order valence-electron chi connectivity index (χ3n) is 3.73. The first-order valence-electron chi connectivity index (χ1n) is 7.43. The highest BCUT2D eigenvalue weighted by atomic mass is 16.7. The molecule has 2 aromatic rings. The van der Waals surface area contributed by atoms with Crippen LogP contribution in [0, 0.1) is 0 Å². The molecule has 1 aliphatic heterocycles. The van der Waals surface area contributed by atoms with E-state index in [1.54, 1.807) is 0 Å². The Balaban J connectivity index is 1.64. The first-order chi connectivity index (χ1) is 10.9. The lowest BCUT2D eigenvalue weighted by Gasteiger charge is -2.26. The van der Waals surface area contributed by atoms with Crippen molar-refractivity contribution < 1.29 is 14.4 Å². The Morgan fingerprint density at radius 2 is 1.68 bits per heavy atom. The first kappa shape index (κ1) is 14.8. The van der Waals surface area contributed by atoms with E-state index in [2.05, 4.69) is 12.1 Å². The van der Waals surface area contributed by atoms with Crippen molar-refractivity contribution >= 4 is 6.41 Å². The average molecular weight is 297 g/mol. The Morgan fingerprint density at radius 3 is 2.23 bits per heavy atom. The molecule has 4 heteroatoms. The minimum atomic E-state index is -0.0939. The average Bonchev–Trinajstić information content (AvgIpc) is 3.41. The molecule has 0 aliphatic carbocycles. The van der Waals surface area contributed by atoms with E-state index in [4.69, 9.17) is 9.57 Å². The summed E-state index contributed by atoms with van der Waals surface area (Å²) >= 11 is 0. The number of benzene rings is 2. The van der Waals surface area contributed by atoms with Gasteiger partial charge in [0.15, 0.2) is 0 Å². The van der Waals surface area contributed by atoms with Crippen LogP contribution in [0.15, 0.2) is 60.7 Å². The molecule has 22 heavy (non-hydrogen) atoms. The highest BCUT2D eigenvalue weighted by Gasteiger charge is 2.37. The van der Waals surface area contributed by atoms with E-state index >= 15 is 0 Å². The molecule has 0 unspecified atom stereocenters. The van der Waals surface area contributed by atoms with Gasteiger partial charge in [0.05, 0.1) is 12.6 Å². The van der Waals surface area contributed by atoms with Gasteiger partial charge in [-0.25, -0.2) is 5.06 Å². The summed E-state index contributed by atoms with van der Waals surface area (Å²) in [6, 6.07) is 19.8. The fourth-order valence-corrected chi connectivity index (χ4v) is 2.45. The third-order valence-corrected chi connectivity index (χ3v) is 3.73. The van der Waals surface area contributed by atoms with E-state index in [1.807, 2.05) is 48.5 Å². The molecule has 4 nitrogen and oxygen atoms in total. The number of amides is 1. The molecule has 1 amide bonds. The number of carbonyl (C=O) groups excluding carboxylic acids is 1. The predicted molar refractivity (Wildman–Crippen MR) is 82.8 cm³/mol. The zero-order chi connectivity index (χ0) is 15.2. The van der Waals surface area contributed by atoms with Crippen molar-refractivity contribution in [2.45, 2.75) is 25.2 Å². The van der Waals surface area contributed by atoms with Gasteiger partial charge in [-0.3, -0.25) is 9.63 Å². The van der Waals surface area contributed by atoms with E-state index < -0.39 is 0 Å². The molecule has 0 N–H and O–H groups in total. The number of hydrogen-bond donors (Lipinski definition) is 0. The van der Waals surface area contributed by atoms with E-state index in [0.29, 0.717) is 13.2 Å². The molecule has 1 aliphatic rings. The van der Waals surface area contributed by atoms with Crippen molar-refractivity contribution in [2.24, 2.45) is 0 Å². The van der Waals surface area contributed by atoms with Gasteiger partial charge in [0.2, 0.25) is 6.41 Å². The number of nitrogens with zero attached hydrogens (tertiary/aromatic N) is 1. The first-order valence-corrected chi connectivity index (χ1v) is 7.43. The summed E-state index contributed by atoms with van der Waals surface area (Å²) in [5.74, 6) is 0. The molecule has 0 aromatic heterocycles. The third kappa shape index (κ3) is 3.93. The standard InChI is InChI=1S/C18H19NO3/c20-14-19(22-12-16-9-5-2-6-10-16)17(18-13-21-18)11-15-7-3-1-4-8-15/h1-10,14,17-18H,11-13H2/t17-,18+/m0/s1. The largest absolute Gasteiger partial charge is 0.371 e. The van der Waals surface area contributed by atoms with E-state index in [9.17, 15) is 4.79 Å². The summed E-state index contributed by atoms with van der Waals surface area (Å²) in [7, 11) is 0.